The zero-order valence-electron chi connectivity index (χ0n) is 31.3. The van der Waals surface area contributed by atoms with Crippen molar-refractivity contribution in [3.05, 3.63) is 94.7 Å². The lowest BCUT2D eigenvalue weighted by Gasteiger charge is -2.41. The monoisotopic (exact) mass is 861 g/mol. The van der Waals surface area contributed by atoms with Gasteiger partial charge in [-0.2, -0.15) is 0 Å². The molecule has 0 saturated carbocycles. The molecule has 0 spiro atoms. The maximum Gasteiger partial charge on any atom is 0.330 e. The van der Waals surface area contributed by atoms with Gasteiger partial charge in [-0.05, 0) is 23.8 Å². The summed E-state index contributed by atoms with van der Waals surface area (Å²) in [5.74, 6) is -7.48. The Morgan fingerprint density at radius 2 is 1.30 bits per heavy atom. The lowest BCUT2D eigenvalue weighted by atomic mass is 9.96. The Morgan fingerprint density at radius 1 is 0.721 bits per heavy atom. The minimum Gasteiger partial charge on any atom is -0.571 e. The van der Waals surface area contributed by atoms with E-state index in [9.17, 15) is 70.6 Å². The minimum absolute atomic E-state index is 0.00129. The van der Waals surface area contributed by atoms with E-state index in [-0.39, 0.29) is 34.2 Å². The summed E-state index contributed by atoms with van der Waals surface area (Å²) in [7, 11) is 0. The third-order valence-electron chi connectivity index (χ3n) is 9.56. The average molecular weight is 862 g/mol. The van der Waals surface area contributed by atoms with E-state index in [1.807, 2.05) is 0 Å². The van der Waals surface area contributed by atoms with Crippen molar-refractivity contribution in [3.8, 4) is 23.0 Å². The molecule has 0 radical (unpaired) electrons. The van der Waals surface area contributed by atoms with Gasteiger partial charge in [-0.3, -0.25) is 9.59 Å². The summed E-state index contributed by atoms with van der Waals surface area (Å²) in [6, 6.07) is 7.79. The van der Waals surface area contributed by atoms with Gasteiger partial charge in [0.1, 0.15) is 85.7 Å². The average Bonchev–Trinajstić information content (AvgIpc) is 3.21. The Bertz CT molecular complexity index is 2120. The van der Waals surface area contributed by atoms with Crippen molar-refractivity contribution < 1.29 is 109 Å². The lowest BCUT2D eigenvalue weighted by Crippen LogP contribution is -2.59. The van der Waals surface area contributed by atoms with Crippen LogP contribution in [-0.4, -0.2) is 165 Å². The predicted molar refractivity (Wildman–Crippen MR) is 198 cm³/mol. The molecule has 6 rings (SSSR count). The first kappa shape index (κ1) is 44.2. The van der Waals surface area contributed by atoms with Crippen LogP contribution in [0.4, 0.5) is 0 Å². The van der Waals surface area contributed by atoms with Crippen molar-refractivity contribution in [1.29, 1.82) is 0 Å². The highest BCUT2D eigenvalue weighted by Crippen LogP contribution is 2.43. The number of rotatable bonds is 13. The number of benzene rings is 2. The van der Waals surface area contributed by atoms with Gasteiger partial charge in [0.05, 0.1) is 17.2 Å². The molecule has 11 unspecified atom stereocenters. The van der Waals surface area contributed by atoms with E-state index in [1.165, 1.54) is 42.5 Å². The Morgan fingerprint density at radius 3 is 1.89 bits per heavy atom. The maximum absolute atomic E-state index is 12.5. The zero-order valence-corrected chi connectivity index (χ0v) is 31.3. The number of fused-ring (bicyclic) bond motifs is 1. The van der Waals surface area contributed by atoms with Crippen LogP contribution in [0.15, 0.2) is 83.6 Å². The number of carboxylic acid groups (broad SMARTS) is 1. The van der Waals surface area contributed by atoms with E-state index in [2.05, 4.69) is 4.74 Å². The van der Waals surface area contributed by atoms with Crippen LogP contribution in [0, 0.1) is 0 Å². The molecule has 1 aliphatic carbocycles. The van der Waals surface area contributed by atoms with Gasteiger partial charge in [0.25, 0.3) is 0 Å². The van der Waals surface area contributed by atoms with Gasteiger partial charge in [-0.1, -0.05) is 12.1 Å². The normalized spacial score (nSPS) is 29.9. The smallest absolute Gasteiger partial charge is 0.330 e. The van der Waals surface area contributed by atoms with Gasteiger partial charge in [0.15, 0.2) is 17.2 Å². The number of carbonyl (C=O) groups excluding carboxylic acids is 2. The molecular weight excluding hydrogens is 820 g/mol. The summed E-state index contributed by atoms with van der Waals surface area (Å²) in [5.41, 5.74) is 0.418. The molecule has 2 aromatic rings. The second-order valence-corrected chi connectivity index (χ2v) is 13.9. The van der Waals surface area contributed by atoms with Crippen molar-refractivity contribution in [2.45, 2.75) is 73.9 Å². The van der Waals surface area contributed by atoms with Crippen LogP contribution < -0.4 is 0 Å². The van der Waals surface area contributed by atoms with Crippen LogP contribution in [0.5, 0.6) is 23.0 Å². The molecule has 11 atom stereocenters. The van der Waals surface area contributed by atoms with Gasteiger partial charge in [0.2, 0.25) is 24.4 Å². The van der Waals surface area contributed by atoms with E-state index in [0.717, 1.165) is 24.3 Å². The standard InChI is InChI=1S/C39H40O22/c40-17-4-1-15(2-5-17)3-6-28(46)55-13-25-31(49)34(52)36(54)39(61-25)59-24-11-19-22(57-37(24)16-7-20(42)30(48)21(43)8-16)9-18(41)10-23(19)58-38-35(53)33(51)32(50)26(60-38)14-56-29(47)12-27(44)45/h1-11,22,25-26,31-36,38-43,48-54H,12-14H2,(H,44,45)/p+1. The number of allylic oxidation sites excluding steroid dienone is 2. The Labute approximate surface area is 343 Å². The third kappa shape index (κ3) is 10.2. The number of esters is 2. The number of phenols is 4. The molecule has 3 aliphatic heterocycles. The number of carbonyl (C=O) groups is 3. The van der Waals surface area contributed by atoms with E-state index in [0.29, 0.717) is 5.56 Å². The van der Waals surface area contributed by atoms with E-state index in [1.54, 1.807) is 0 Å². The number of carboxylic acids is 1. The lowest BCUT2D eigenvalue weighted by molar-refractivity contribution is -0.292. The van der Waals surface area contributed by atoms with E-state index >= 15 is 0 Å². The van der Waals surface area contributed by atoms with Crippen LogP contribution in [-0.2, 0) is 42.8 Å². The minimum atomic E-state index is -2.00. The summed E-state index contributed by atoms with van der Waals surface area (Å²) in [6.45, 7) is -1.45. The molecule has 4 aliphatic rings. The number of aliphatic hydroxyl groups is 9. The fourth-order valence-corrected chi connectivity index (χ4v) is 6.35. The topological polar surface area (TPSA) is 362 Å². The first-order valence-electron chi connectivity index (χ1n) is 18.2. The van der Waals surface area contributed by atoms with E-state index in [4.69, 9.17) is 33.5 Å². The number of phenolic OH excluding ortho intramolecular Hbond substituents is 4. The molecule has 2 saturated heterocycles. The maximum atomic E-state index is 12.5. The fraction of sp³-hybridized carbons (Fsp3) is 0.359. The van der Waals surface area contributed by atoms with Crippen molar-refractivity contribution in [2.75, 3.05) is 13.2 Å². The molecule has 2 fully saturated rings. The van der Waals surface area contributed by atoms with Crippen LogP contribution in [0.2, 0.25) is 0 Å². The molecule has 2 aromatic carbocycles. The summed E-state index contributed by atoms with van der Waals surface area (Å²) < 4.78 is 37.7. The highest BCUT2D eigenvalue weighted by molar-refractivity contribution is 5.90. The second kappa shape index (κ2) is 18.5. The summed E-state index contributed by atoms with van der Waals surface area (Å²) in [5, 5.41) is 124. The molecule has 0 bridgehead atoms. The summed E-state index contributed by atoms with van der Waals surface area (Å²) in [4.78, 5) is 35.2. The van der Waals surface area contributed by atoms with Crippen LogP contribution >= 0.6 is 0 Å². The molecule has 61 heavy (non-hydrogen) atoms. The number of aromatic hydroxyl groups is 4. The van der Waals surface area contributed by atoms with Crippen molar-refractivity contribution in [3.63, 3.8) is 0 Å². The molecule has 13 N–H and O–H groups in total. The Balaban J connectivity index is 1.27. The summed E-state index contributed by atoms with van der Waals surface area (Å²) in [6.07, 6.45) is -14.8. The second-order valence-electron chi connectivity index (χ2n) is 13.9. The highest BCUT2D eigenvalue weighted by atomic mass is 16.7. The first-order chi connectivity index (χ1) is 28.9. The molecule has 0 aromatic heterocycles. The van der Waals surface area contributed by atoms with Gasteiger partial charge < -0.3 is 94.4 Å². The highest BCUT2D eigenvalue weighted by Gasteiger charge is 2.49. The van der Waals surface area contributed by atoms with Crippen molar-refractivity contribution >= 4 is 29.7 Å². The van der Waals surface area contributed by atoms with Crippen molar-refractivity contribution in [2.24, 2.45) is 0 Å². The number of aliphatic hydroxyl groups excluding tert-OH is 7. The third-order valence-corrected chi connectivity index (χ3v) is 9.56. The van der Waals surface area contributed by atoms with Crippen LogP contribution in [0.3, 0.4) is 0 Å². The molecular formula is C39H41O22+. The SMILES string of the molecule is O=C(O)CC(=O)OCC1OC(OC2=CC(O)=CC3[OH+]C(c4cc(O)c(O)c(O)c4)=C(OC4OC(COC(=O)C=Cc5ccc(O)cc5)C(O)C(O)C4O)C=C23)C(O)C(O)C1O. The number of hydrogen-bond donors (Lipinski definition) is 12. The largest absolute Gasteiger partial charge is 0.571 e. The fourth-order valence-electron chi connectivity index (χ4n) is 6.35. The number of ether oxygens (including phenoxy) is 7. The van der Waals surface area contributed by atoms with Crippen molar-refractivity contribution in [1.82, 2.24) is 0 Å². The number of hydrogen-bond acceptors (Lipinski definition) is 20. The molecule has 3 heterocycles. The number of aliphatic carboxylic acids is 1. The molecule has 328 valence electrons. The Hall–Kier alpha value is -6.37. The van der Waals surface area contributed by atoms with Crippen LogP contribution in [0.25, 0.3) is 11.8 Å². The van der Waals surface area contributed by atoms with E-state index < -0.39 is 128 Å². The van der Waals surface area contributed by atoms with Gasteiger partial charge in [-0.15, -0.1) is 0 Å². The van der Waals surface area contributed by atoms with Crippen LogP contribution in [0.1, 0.15) is 17.5 Å². The molecule has 22 nitrogen and oxygen atoms in total. The van der Waals surface area contributed by atoms with Gasteiger partial charge in [0, 0.05) is 30.4 Å². The first-order valence-corrected chi connectivity index (χ1v) is 18.2. The molecule has 22 heteroatoms. The zero-order chi connectivity index (χ0) is 44.3. The van der Waals surface area contributed by atoms with Gasteiger partial charge >= 0.3 is 23.7 Å². The Kier molecular flexibility index (Phi) is 13.4. The summed E-state index contributed by atoms with van der Waals surface area (Å²) >= 11 is 0. The predicted octanol–water partition coefficient (Wildman–Crippen LogP) is -1.72. The molecule has 0 amide bonds. The van der Waals surface area contributed by atoms with Gasteiger partial charge in [-0.25, -0.2) is 4.79 Å². The quantitative estimate of drug-likeness (QED) is 0.0350.